The van der Waals surface area contributed by atoms with E-state index in [4.69, 9.17) is 0 Å². The predicted molar refractivity (Wildman–Crippen MR) is 140 cm³/mol. The Morgan fingerprint density at radius 3 is 2.39 bits per heavy atom. The number of anilines is 1. The third-order valence-electron chi connectivity index (χ3n) is 6.73. The minimum absolute atomic E-state index is 0.0814. The lowest BCUT2D eigenvalue weighted by molar-refractivity contribution is -0.122. The largest absolute Gasteiger partial charge is 0.348 e. The van der Waals surface area contributed by atoms with Crippen molar-refractivity contribution in [1.82, 2.24) is 5.32 Å². The molecule has 4 aromatic carbocycles. The van der Waals surface area contributed by atoms with Gasteiger partial charge in [0.15, 0.2) is 0 Å². The first kappa shape index (κ1) is 23.5. The van der Waals surface area contributed by atoms with Crippen LogP contribution in [-0.2, 0) is 24.2 Å². The van der Waals surface area contributed by atoms with E-state index < -0.39 is 0 Å². The van der Waals surface area contributed by atoms with Crippen LogP contribution in [0, 0.1) is 11.7 Å². The molecule has 0 spiro atoms. The van der Waals surface area contributed by atoms with Crippen LogP contribution in [-0.4, -0.2) is 18.9 Å². The number of amides is 2. The SMILES string of the molecule is CN1C(=O)C(Cc2ccc(-c3ccccc3)cc2)Cc2cc(C(=O)NCc3cccc(F)c3)ccc21. The Morgan fingerprint density at radius 1 is 0.889 bits per heavy atom. The topological polar surface area (TPSA) is 49.4 Å². The highest BCUT2D eigenvalue weighted by molar-refractivity contribution is 6.00. The molecule has 1 unspecified atom stereocenters. The van der Waals surface area contributed by atoms with Gasteiger partial charge in [-0.3, -0.25) is 9.59 Å². The van der Waals surface area contributed by atoms with Gasteiger partial charge in [-0.25, -0.2) is 4.39 Å². The van der Waals surface area contributed by atoms with E-state index in [2.05, 4.69) is 41.7 Å². The fourth-order valence-electron chi connectivity index (χ4n) is 4.80. The number of carbonyl (C=O) groups excluding carboxylic acids is 2. The van der Waals surface area contributed by atoms with Crippen molar-refractivity contribution in [3.63, 3.8) is 0 Å². The van der Waals surface area contributed by atoms with Gasteiger partial charge in [0, 0.05) is 30.8 Å². The van der Waals surface area contributed by atoms with Crippen LogP contribution >= 0.6 is 0 Å². The number of rotatable bonds is 6. The molecule has 5 heteroatoms. The number of hydrogen-bond acceptors (Lipinski definition) is 2. The highest BCUT2D eigenvalue weighted by atomic mass is 19.1. The fourth-order valence-corrected chi connectivity index (χ4v) is 4.80. The van der Waals surface area contributed by atoms with Crippen molar-refractivity contribution in [3.8, 4) is 11.1 Å². The van der Waals surface area contributed by atoms with Gasteiger partial charge in [0.2, 0.25) is 5.91 Å². The molecular weight excluding hydrogens is 451 g/mol. The number of fused-ring (bicyclic) bond motifs is 1. The molecule has 0 fully saturated rings. The van der Waals surface area contributed by atoms with Crippen LogP contribution in [0.5, 0.6) is 0 Å². The fraction of sp³-hybridized carbons (Fsp3) is 0.161. The van der Waals surface area contributed by atoms with E-state index in [1.807, 2.05) is 30.3 Å². The van der Waals surface area contributed by atoms with Gasteiger partial charge in [0.05, 0.1) is 0 Å². The molecule has 0 saturated heterocycles. The standard InChI is InChI=1S/C31H27FN2O2/c1-34-29-15-14-25(30(35)33-20-22-6-5-9-28(32)17-22)18-26(29)19-27(31(34)36)16-21-10-12-24(13-11-21)23-7-3-2-4-8-23/h2-15,17-18,27H,16,19-20H2,1H3,(H,33,35). The molecule has 1 N–H and O–H groups in total. The number of nitrogens with zero attached hydrogens (tertiary/aromatic N) is 1. The smallest absolute Gasteiger partial charge is 0.251 e. The lowest BCUT2D eigenvalue weighted by Crippen LogP contribution is -2.39. The summed E-state index contributed by atoms with van der Waals surface area (Å²) in [5.41, 5.74) is 6.44. The minimum atomic E-state index is -0.330. The molecule has 4 nitrogen and oxygen atoms in total. The van der Waals surface area contributed by atoms with Crippen LogP contribution in [0.4, 0.5) is 10.1 Å². The first-order valence-corrected chi connectivity index (χ1v) is 12.1. The second kappa shape index (κ2) is 10.2. The van der Waals surface area contributed by atoms with Crippen molar-refractivity contribution in [2.45, 2.75) is 19.4 Å². The molecule has 0 aliphatic carbocycles. The second-order valence-corrected chi connectivity index (χ2v) is 9.22. The van der Waals surface area contributed by atoms with Crippen LogP contribution in [0.15, 0.2) is 97.1 Å². The lowest BCUT2D eigenvalue weighted by Gasteiger charge is -2.32. The Balaban J connectivity index is 1.29. The molecule has 1 heterocycles. The zero-order valence-corrected chi connectivity index (χ0v) is 20.1. The van der Waals surface area contributed by atoms with Gasteiger partial charge in [-0.2, -0.15) is 0 Å². The Morgan fingerprint density at radius 2 is 1.64 bits per heavy atom. The van der Waals surface area contributed by atoms with Crippen LogP contribution in [0.2, 0.25) is 0 Å². The van der Waals surface area contributed by atoms with E-state index in [-0.39, 0.29) is 30.1 Å². The van der Waals surface area contributed by atoms with Gasteiger partial charge in [0.1, 0.15) is 5.82 Å². The van der Waals surface area contributed by atoms with Gasteiger partial charge in [-0.15, -0.1) is 0 Å². The van der Waals surface area contributed by atoms with Crippen molar-refractivity contribution < 1.29 is 14.0 Å². The summed E-state index contributed by atoms with van der Waals surface area (Å²) in [5, 5.41) is 2.85. The Bertz CT molecular complexity index is 1400. The van der Waals surface area contributed by atoms with Crippen molar-refractivity contribution in [2.24, 2.45) is 5.92 Å². The van der Waals surface area contributed by atoms with Crippen LogP contribution in [0.3, 0.4) is 0 Å². The van der Waals surface area contributed by atoms with Crippen LogP contribution in [0.25, 0.3) is 11.1 Å². The summed E-state index contributed by atoms with van der Waals surface area (Å²) < 4.78 is 13.4. The zero-order chi connectivity index (χ0) is 25.1. The molecule has 0 saturated carbocycles. The maximum absolute atomic E-state index is 13.4. The first-order valence-electron chi connectivity index (χ1n) is 12.1. The normalized spacial score (nSPS) is 14.9. The molecular formula is C31H27FN2O2. The summed E-state index contributed by atoms with van der Waals surface area (Å²) in [7, 11) is 1.79. The van der Waals surface area contributed by atoms with E-state index >= 15 is 0 Å². The molecule has 2 amide bonds. The summed E-state index contributed by atoms with van der Waals surface area (Å²) in [6, 6.07) is 30.2. The van der Waals surface area contributed by atoms with Gasteiger partial charge in [-0.05, 0) is 71.0 Å². The van der Waals surface area contributed by atoms with E-state index in [1.165, 1.54) is 12.1 Å². The van der Waals surface area contributed by atoms with Gasteiger partial charge >= 0.3 is 0 Å². The summed E-state index contributed by atoms with van der Waals surface area (Å²) in [5.74, 6) is -0.674. The lowest BCUT2D eigenvalue weighted by atomic mass is 9.86. The molecule has 0 radical (unpaired) electrons. The van der Waals surface area contributed by atoms with Gasteiger partial charge < -0.3 is 10.2 Å². The minimum Gasteiger partial charge on any atom is -0.348 e. The Labute approximate surface area is 210 Å². The third kappa shape index (κ3) is 5.05. The van der Waals surface area contributed by atoms with Crippen molar-refractivity contribution >= 4 is 17.5 Å². The summed E-state index contributed by atoms with van der Waals surface area (Å²) in [4.78, 5) is 27.6. The number of halogens is 1. The number of benzene rings is 4. The van der Waals surface area contributed by atoms with Crippen LogP contribution in [0.1, 0.15) is 27.0 Å². The zero-order valence-electron chi connectivity index (χ0n) is 20.1. The number of carbonyl (C=O) groups is 2. The molecule has 0 aromatic heterocycles. The molecule has 1 aliphatic rings. The van der Waals surface area contributed by atoms with Gasteiger partial charge in [0.25, 0.3) is 5.91 Å². The number of nitrogens with one attached hydrogen (secondary N) is 1. The highest BCUT2D eigenvalue weighted by Crippen LogP contribution is 2.32. The molecule has 180 valence electrons. The first-order chi connectivity index (χ1) is 17.5. The van der Waals surface area contributed by atoms with E-state index in [0.717, 1.165) is 27.9 Å². The van der Waals surface area contributed by atoms with Crippen molar-refractivity contribution in [3.05, 3.63) is 125 Å². The summed E-state index contributed by atoms with van der Waals surface area (Å²) in [6.07, 6.45) is 1.21. The number of hydrogen-bond donors (Lipinski definition) is 1. The monoisotopic (exact) mass is 478 g/mol. The molecule has 5 rings (SSSR count). The van der Waals surface area contributed by atoms with E-state index in [1.54, 1.807) is 30.1 Å². The second-order valence-electron chi connectivity index (χ2n) is 9.22. The predicted octanol–water partition coefficient (Wildman–Crippen LogP) is 5.80. The maximum Gasteiger partial charge on any atom is 0.251 e. The van der Waals surface area contributed by atoms with Crippen LogP contribution < -0.4 is 10.2 Å². The highest BCUT2D eigenvalue weighted by Gasteiger charge is 2.31. The van der Waals surface area contributed by atoms with E-state index in [9.17, 15) is 14.0 Å². The van der Waals surface area contributed by atoms with Gasteiger partial charge in [-0.1, -0.05) is 66.7 Å². The molecule has 1 atom stereocenters. The molecule has 4 aromatic rings. The van der Waals surface area contributed by atoms with Crippen molar-refractivity contribution in [1.29, 1.82) is 0 Å². The molecule has 36 heavy (non-hydrogen) atoms. The van der Waals surface area contributed by atoms with Crippen molar-refractivity contribution in [2.75, 3.05) is 11.9 Å². The maximum atomic E-state index is 13.4. The van der Waals surface area contributed by atoms with E-state index in [0.29, 0.717) is 24.0 Å². The average Bonchev–Trinajstić information content (AvgIpc) is 2.91. The quantitative estimate of drug-likeness (QED) is 0.381. The molecule has 0 bridgehead atoms. The average molecular weight is 479 g/mol. The summed E-state index contributed by atoms with van der Waals surface area (Å²) in [6.45, 7) is 0.244. The summed E-state index contributed by atoms with van der Waals surface area (Å²) >= 11 is 0. The Kier molecular flexibility index (Phi) is 6.63. The Hall–Kier alpha value is -4.25. The molecule has 1 aliphatic heterocycles. The third-order valence-corrected chi connectivity index (χ3v) is 6.73.